The van der Waals surface area contributed by atoms with Gasteiger partial charge in [0.2, 0.25) is 11.8 Å². The van der Waals surface area contributed by atoms with Crippen molar-refractivity contribution in [1.82, 2.24) is 5.32 Å². The molecule has 2 aromatic carbocycles. The SMILES string of the molecule is CCc1ccc(N2C[C@@H](C(=O)Nc3ccccc3C(=O)NC)CC2=O)cc1. The fraction of sp³-hybridized carbons (Fsp3) is 0.286. The summed E-state index contributed by atoms with van der Waals surface area (Å²) < 4.78 is 0. The number of rotatable bonds is 5. The molecule has 0 radical (unpaired) electrons. The Morgan fingerprint density at radius 2 is 1.81 bits per heavy atom. The molecule has 6 heteroatoms. The maximum absolute atomic E-state index is 12.7. The summed E-state index contributed by atoms with van der Waals surface area (Å²) in [6.45, 7) is 2.41. The topological polar surface area (TPSA) is 78.5 Å². The van der Waals surface area contributed by atoms with Crippen molar-refractivity contribution in [2.45, 2.75) is 19.8 Å². The fourth-order valence-corrected chi connectivity index (χ4v) is 3.20. The number of hydrogen-bond acceptors (Lipinski definition) is 3. The maximum atomic E-state index is 12.7. The summed E-state index contributed by atoms with van der Waals surface area (Å²) in [5.74, 6) is -1.06. The van der Waals surface area contributed by atoms with Gasteiger partial charge < -0.3 is 15.5 Å². The summed E-state index contributed by atoms with van der Waals surface area (Å²) in [5.41, 5.74) is 2.84. The Labute approximate surface area is 158 Å². The second-order valence-electron chi connectivity index (χ2n) is 6.54. The third kappa shape index (κ3) is 4.00. The van der Waals surface area contributed by atoms with Crippen molar-refractivity contribution < 1.29 is 14.4 Å². The van der Waals surface area contributed by atoms with Crippen LogP contribution in [0.2, 0.25) is 0 Å². The highest BCUT2D eigenvalue weighted by molar-refractivity contribution is 6.07. The average molecular weight is 365 g/mol. The molecular formula is C21H23N3O3. The van der Waals surface area contributed by atoms with Gasteiger partial charge in [0.1, 0.15) is 0 Å². The molecule has 0 aliphatic carbocycles. The minimum Gasteiger partial charge on any atom is -0.355 e. The van der Waals surface area contributed by atoms with Crippen LogP contribution < -0.4 is 15.5 Å². The first-order valence-corrected chi connectivity index (χ1v) is 9.04. The van der Waals surface area contributed by atoms with E-state index in [1.165, 1.54) is 12.6 Å². The molecule has 0 unspecified atom stereocenters. The average Bonchev–Trinajstić information content (AvgIpc) is 3.09. The van der Waals surface area contributed by atoms with Gasteiger partial charge in [0.05, 0.1) is 17.2 Å². The molecule has 1 fully saturated rings. The molecule has 140 valence electrons. The van der Waals surface area contributed by atoms with E-state index in [0.29, 0.717) is 17.8 Å². The predicted octanol–water partition coefficient (Wildman–Crippen LogP) is 2.60. The van der Waals surface area contributed by atoms with Crippen LogP contribution in [0, 0.1) is 5.92 Å². The molecule has 1 saturated heterocycles. The van der Waals surface area contributed by atoms with Crippen LogP contribution in [0.15, 0.2) is 48.5 Å². The molecule has 3 amide bonds. The lowest BCUT2D eigenvalue weighted by Crippen LogP contribution is -2.29. The van der Waals surface area contributed by atoms with Crippen LogP contribution in [0.4, 0.5) is 11.4 Å². The lowest BCUT2D eigenvalue weighted by Gasteiger charge is -2.17. The number of hydrogen-bond donors (Lipinski definition) is 2. The third-order valence-corrected chi connectivity index (χ3v) is 4.81. The van der Waals surface area contributed by atoms with E-state index < -0.39 is 5.92 Å². The minimum absolute atomic E-state index is 0.0704. The van der Waals surface area contributed by atoms with Crippen LogP contribution in [-0.2, 0) is 16.0 Å². The van der Waals surface area contributed by atoms with Gasteiger partial charge >= 0.3 is 0 Å². The molecular weight excluding hydrogens is 342 g/mol. The fourth-order valence-electron chi connectivity index (χ4n) is 3.20. The van der Waals surface area contributed by atoms with Crippen molar-refractivity contribution in [2.75, 3.05) is 23.8 Å². The lowest BCUT2D eigenvalue weighted by molar-refractivity contribution is -0.122. The molecule has 0 saturated carbocycles. The van der Waals surface area contributed by atoms with E-state index in [1.54, 1.807) is 29.2 Å². The van der Waals surface area contributed by atoms with Gasteiger partial charge in [-0.05, 0) is 36.2 Å². The second-order valence-corrected chi connectivity index (χ2v) is 6.54. The van der Waals surface area contributed by atoms with Crippen LogP contribution in [-0.4, -0.2) is 31.3 Å². The standard InChI is InChI=1S/C21H23N3O3/c1-3-14-8-10-16(11-9-14)24-13-15(12-19(24)25)20(26)23-18-7-5-4-6-17(18)21(27)22-2/h4-11,15H,3,12-13H2,1-2H3,(H,22,27)(H,23,26)/t15-/m0/s1. The number of para-hydroxylation sites is 1. The van der Waals surface area contributed by atoms with Crippen LogP contribution in [0.1, 0.15) is 29.3 Å². The Kier molecular flexibility index (Phi) is 5.54. The molecule has 0 aromatic heterocycles. The molecule has 2 N–H and O–H groups in total. The maximum Gasteiger partial charge on any atom is 0.253 e. The number of anilines is 2. The first kappa shape index (κ1) is 18.6. The summed E-state index contributed by atoms with van der Waals surface area (Å²) in [4.78, 5) is 38.7. The summed E-state index contributed by atoms with van der Waals surface area (Å²) in [5, 5.41) is 5.36. The van der Waals surface area contributed by atoms with Gasteiger partial charge in [-0.2, -0.15) is 0 Å². The van der Waals surface area contributed by atoms with Crippen molar-refractivity contribution in [3.63, 3.8) is 0 Å². The van der Waals surface area contributed by atoms with E-state index in [2.05, 4.69) is 17.6 Å². The van der Waals surface area contributed by atoms with Crippen LogP contribution in [0.5, 0.6) is 0 Å². The molecule has 1 atom stereocenters. The van der Waals surface area contributed by atoms with Gasteiger partial charge in [-0.1, -0.05) is 31.2 Å². The lowest BCUT2D eigenvalue weighted by atomic mass is 10.1. The number of amides is 3. The smallest absolute Gasteiger partial charge is 0.253 e. The zero-order valence-corrected chi connectivity index (χ0v) is 15.5. The monoisotopic (exact) mass is 365 g/mol. The van der Waals surface area contributed by atoms with E-state index in [0.717, 1.165) is 12.1 Å². The number of carbonyl (C=O) groups is 3. The highest BCUT2D eigenvalue weighted by Gasteiger charge is 2.35. The minimum atomic E-state index is -0.457. The Bertz CT molecular complexity index is 861. The van der Waals surface area contributed by atoms with Gasteiger partial charge in [0.25, 0.3) is 5.91 Å². The molecule has 0 spiro atoms. The third-order valence-electron chi connectivity index (χ3n) is 4.81. The van der Waals surface area contributed by atoms with Crippen molar-refractivity contribution in [1.29, 1.82) is 0 Å². The van der Waals surface area contributed by atoms with Crippen LogP contribution in [0.25, 0.3) is 0 Å². The molecule has 1 aliphatic heterocycles. The predicted molar refractivity (Wildman–Crippen MR) is 105 cm³/mol. The van der Waals surface area contributed by atoms with E-state index in [4.69, 9.17) is 0 Å². The largest absolute Gasteiger partial charge is 0.355 e. The van der Waals surface area contributed by atoms with Gasteiger partial charge in [0, 0.05) is 25.7 Å². The van der Waals surface area contributed by atoms with Crippen molar-refractivity contribution in [3.8, 4) is 0 Å². The van der Waals surface area contributed by atoms with E-state index in [1.807, 2.05) is 24.3 Å². The summed E-state index contributed by atoms with van der Waals surface area (Å²) in [6, 6.07) is 14.6. The van der Waals surface area contributed by atoms with Gasteiger partial charge in [-0.15, -0.1) is 0 Å². The van der Waals surface area contributed by atoms with Crippen molar-refractivity contribution in [2.24, 2.45) is 5.92 Å². The molecule has 1 heterocycles. The highest BCUT2D eigenvalue weighted by Crippen LogP contribution is 2.27. The zero-order chi connectivity index (χ0) is 19.4. The van der Waals surface area contributed by atoms with Crippen LogP contribution >= 0.6 is 0 Å². The summed E-state index contributed by atoms with van der Waals surface area (Å²) >= 11 is 0. The van der Waals surface area contributed by atoms with Gasteiger partial charge in [-0.3, -0.25) is 14.4 Å². The van der Waals surface area contributed by atoms with E-state index in [-0.39, 0.29) is 24.1 Å². The van der Waals surface area contributed by atoms with Gasteiger partial charge in [0.15, 0.2) is 0 Å². The number of aryl methyl sites for hydroxylation is 1. The second kappa shape index (κ2) is 8.03. The first-order chi connectivity index (χ1) is 13.0. The molecule has 27 heavy (non-hydrogen) atoms. The Morgan fingerprint density at radius 3 is 2.48 bits per heavy atom. The zero-order valence-electron chi connectivity index (χ0n) is 15.5. The molecule has 1 aliphatic rings. The number of nitrogens with zero attached hydrogens (tertiary/aromatic N) is 1. The van der Waals surface area contributed by atoms with Crippen LogP contribution in [0.3, 0.4) is 0 Å². The summed E-state index contributed by atoms with van der Waals surface area (Å²) in [6.07, 6.45) is 1.09. The van der Waals surface area contributed by atoms with E-state index >= 15 is 0 Å². The Hall–Kier alpha value is -3.15. The van der Waals surface area contributed by atoms with Crippen molar-refractivity contribution >= 4 is 29.1 Å². The van der Waals surface area contributed by atoms with Crippen molar-refractivity contribution in [3.05, 3.63) is 59.7 Å². The quantitative estimate of drug-likeness (QED) is 0.855. The summed E-state index contributed by atoms with van der Waals surface area (Å²) in [7, 11) is 1.54. The first-order valence-electron chi connectivity index (χ1n) is 9.04. The molecule has 6 nitrogen and oxygen atoms in total. The Morgan fingerprint density at radius 1 is 1.11 bits per heavy atom. The molecule has 2 aromatic rings. The normalized spacial score (nSPS) is 16.3. The number of benzene rings is 2. The Balaban J connectivity index is 1.72. The number of nitrogens with one attached hydrogen (secondary N) is 2. The number of carbonyl (C=O) groups excluding carboxylic acids is 3. The van der Waals surface area contributed by atoms with Gasteiger partial charge in [-0.25, -0.2) is 0 Å². The molecule has 3 rings (SSSR count). The van der Waals surface area contributed by atoms with E-state index in [9.17, 15) is 14.4 Å². The molecule has 0 bridgehead atoms. The highest BCUT2D eigenvalue weighted by atomic mass is 16.2.